The highest BCUT2D eigenvalue weighted by Gasteiger charge is 2.16. The highest BCUT2D eigenvalue weighted by atomic mass is 16.5. The second-order valence-corrected chi connectivity index (χ2v) is 5.26. The molecule has 0 amide bonds. The van der Waals surface area contributed by atoms with Gasteiger partial charge in [-0.3, -0.25) is 4.57 Å². The van der Waals surface area contributed by atoms with Crippen molar-refractivity contribution in [2.45, 2.75) is 19.6 Å². The lowest BCUT2D eigenvalue weighted by Crippen LogP contribution is -2.36. The highest BCUT2D eigenvalue weighted by molar-refractivity contribution is 5.42. The Labute approximate surface area is 128 Å². The Balaban J connectivity index is 1.81. The molecule has 0 unspecified atom stereocenters. The Kier molecular flexibility index (Phi) is 3.79. The predicted molar refractivity (Wildman–Crippen MR) is 81.9 cm³/mol. The second-order valence-electron chi connectivity index (χ2n) is 5.26. The van der Waals surface area contributed by atoms with Gasteiger partial charge in [0.15, 0.2) is 0 Å². The minimum absolute atomic E-state index is 0.273. The first-order valence-corrected chi connectivity index (χ1v) is 7.12. The number of ether oxygens (including phenoxy) is 1. The maximum atomic E-state index is 12.0. The van der Waals surface area contributed by atoms with E-state index < -0.39 is 0 Å². The number of rotatable bonds is 3. The van der Waals surface area contributed by atoms with Crippen LogP contribution in [-0.4, -0.2) is 23.1 Å². The summed E-state index contributed by atoms with van der Waals surface area (Å²) < 4.78 is 7.29. The van der Waals surface area contributed by atoms with E-state index in [0.29, 0.717) is 18.0 Å². The molecule has 0 saturated carbocycles. The zero-order valence-electron chi connectivity index (χ0n) is 12.3. The maximum absolute atomic E-state index is 12.0. The van der Waals surface area contributed by atoms with Gasteiger partial charge in [-0.05, 0) is 24.1 Å². The molecule has 1 aromatic carbocycles. The summed E-state index contributed by atoms with van der Waals surface area (Å²) >= 11 is 0. The summed E-state index contributed by atoms with van der Waals surface area (Å²) in [6.45, 7) is 1.87. The lowest BCUT2D eigenvalue weighted by molar-refractivity contribution is 0.290. The molecule has 0 bridgehead atoms. The minimum Gasteiger partial charge on any atom is -0.473 e. The Morgan fingerprint density at radius 1 is 1.36 bits per heavy atom. The summed E-state index contributed by atoms with van der Waals surface area (Å²) in [4.78, 5) is 18.0. The minimum atomic E-state index is -0.287. The molecular formula is C16H16N4O2. The van der Waals surface area contributed by atoms with Gasteiger partial charge in [-0.15, -0.1) is 0 Å². The van der Waals surface area contributed by atoms with Crippen molar-refractivity contribution in [3.8, 4) is 11.9 Å². The number of hydrogen-bond acceptors (Lipinski definition) is 5. The fraction of sp³-hybridized carbons (Fsp3) is 0.312. The first-order valence-electron chi connectivity index (χ1n) is 7.12. The predicted octanol–water partition coefficient (Wildman–Crippen LogP) is 1.53. The van der Waals surface area contributed by atoms with Crippen LogP contribution in [0, 0.1) is 11.3 Å². The molecule has 1 aromatic heterocycles. The monoisotopic (exact) mass is 296 g/mol. The number of nitriles is 1. The van der Waals surface area contributed by atoms with Crippen LogP contribution in [0.5, 0.6) is 5.88 Å². The quantitative estimate of drug-likeness (QED) is 0.859. The van der Waals surface area contributed by atoms with Gasteiger partial charge in [0.25, 0.3) is 0 Å². The van der Waals surface area contributed by atoms with Gasteiger partial charge in [0.1, 0.15) is 12.4 Å². The molecule has 0 N–H and O–H groups in total. The van der Waals surface area contributed by atoms with Gasteiger partial charge in [-0.1, -0.05) is 12.1 Å². The fourth-order valence-electron chi connectivity index (χ4n) is 2.54. The highest BCUT2D eigenvalue weighted by Crippen LogP contribution is 2.20. The third kappa shape index (κ3) is 2.79. The Bertz CT molecular complexity index is 791. The van der Waals surface area contributed by atoms with Gasteiger partial charge < -0.3 is 9.64 Å². The first-order chi connectivity index (χ1) is 10.7. The summed E-state index contributed by atoms with van der Waals surface area (Å²) in [5.74, 6) is 1.14. The van der Waals surface area contributed by atoms with E-state index in [-0.39, 0.29) is 12.3 Å². The molecule has 0 saturated heterocycles. The van der Waals surface area contributed by atoms with E-state index in [1.165, 1.54) is 0 Å². The van der Waals surface area contributed by atoms with Crippen LogP contribution in [0.2, 0.25) is 0 Å². The van der Waals surface area contributed by atoms with E-state index in [1.807, 2.05) is 18.0 Å². The van der Waals surface area contributed by atoms with Crippen LogP contribution in [0.1, 0.15) is 17.5 Å². The van der Waals surface area contributed by atoms with Crippen molar-refractivity contribution in [2.24, 2.45) is 0 Å². The largest absolute Gasteiger partial charge is 0.473 e. The Morgan fingerprint density at radius 3 is 3.05 bits per heavy atom. The molecule has 22 heavy (non-hydrogen) atoms. The molecule has 0 radical (unpaired) electrons. The van der Waals surface area contributed by atoms with Crippen LogP contribution in [0.15, 0.2) is 35.1 Å². The van der Waals surface area contributed by atoms with Crippen LogP contribution in [0.25, 0.3) is 0 Å². The number of hydrogen-bond donors (Lipinski definition) is 0. The van der Waals surface area contributed by atoms with Crippen molar-refractivity contribution in [1.82, 2.24) is 9.55 Å². The van der Waals surface area contributed by atoms with Gasteiger partial charge >= 0.3 is 5.69 Å². The number of fused-ring (bicyclic) bond motifs is 1. The van der Waals surface area contributed by atoms with Gasteiger partial charge in [0.05, 0.1) is 11.6 Å². The van der Waals surface area contributed by atoms with Crippen molar-refractivity contribution >= 4 is 5.82 Å². The lowest BCUT2D eigenvalue weighted by atomic mass is 10.1. The van der Waals surface area contributed by atoms with Crippen molar-refractivity contribution in [1.29, 1.82) is 5.26 Å². The molecule has 2 heterocycles. The molecule has 0 fully saturated rings. The van der Waals surface area contributed by atoms with Crippen molar-refractivity contribution in [3.05, 3.63) is 51.9 Å². The molecule has 2 aromatic rings. The average molecular weight is 296 g/mol. The Hall–Kier alpha value is -2.81. The van der Waals surface area contributed by atoms with Gasteiger partial charge in [0.2, 0.25) is 5.88 Å². The fourth-order valence-corrected chi connectivity index (χ4v) is 2.54. The van der Waals surface area contributed by atoms with Crippen LogP contribution in [0.3, 0.4) is 0 Å². The first kappa shape index (κ1) is 14.1. The second kappa shape index (κ2) is 5.90. The van der Waals surface area contributed by atoms with Gasteiger partial charge in [-0.2, -0.15) is 10.2 Å². The summed E-state index contributed by atoms with van der Waals surface area (Å²) in [6.07, 6.45) is 0.937. The average Bonchev–Trinajstić information content (AvgIpc) is 2.54. The molecule has 0 aliphatic carbocycles. The number of aromatic nitrogens is 2. The van der Waals surface area contributed by atoms with E-state index in [2.05, 4.69) is 11.1 Å². The van der Waals surface area contributed by atoms with Gasteiger partial charge in [-0.25, -0.2) is 4.79 Å². The van der Waals surface area contributed by atoms with Crippen LogP contribution < -0.4 is 15.3 Å². The summed E-state index contributed by atoms with van der Waals surface area (Å²) in [5, 5.41) is 8.89. The van der Waals surface area contributed by atoms with E-state index >= 15 is 0 Å². The van der Waals surface area contributed by atoms with E-state index in [9.17, 15) is 4.79 Å². The van der Waals surface area contributed by atoms with Crippen LogP contribution in [-0.2, 0) is 13.2 Å². The van der Waals surface area contributed by atoms with Gasteiger partial charge in [0, 0.05) is 26.2 Å². The molecule has 3 rings (SSSR count). The van der Waals surface area contributed by atoms with Crippen LogP contribution in [0.4, 0.5) is 5.82 Å². The Morgan fingerprint density at radius 2 is 2.23 bits per heavy atom. The molecule has 1 aliphatic heterocycles. The maximum Gasteiger partial charge on any atom is 0.352 e. The third-order valence-electron chi connectivity index (χ3n) is 3.68. The molecule has 6 nitrogen and oxygen atoms in total. The summed E-state index contributed by atoms with van der Waals surface area (Å²) in [5.41, 5.74) is 1.16. The van der Waals surface area contributed by atoms with E-state index in [0.717, 1.165) is 24.3 Å². The standard InChI is InChI=1S/C16H16N4O2/c1-19-6-3-7-20-15(19)9-14(18-16(20)21)22-11-13-5-2-4-12(8-13)10-17/h2,4-5,8-9H,3,6-7,11H2,1H3. The van der Waals surface area contributed by atoms with Crippen LogP contribution >= 0.6 is 0 Å². The molecule has 0 spiro atoms. The number of nitrogens with zero attached hydrogens (tertiary/aromatic N) is 4. The molecule has 1 aliphatic rings. The zero-order chi connectivity index (χ0) is 15.5. The number of anilines is 1. The zero-order valence-corrected chi connectivity index (χ0v) is 12.3. The molecule has 6 heteroatoms. The van der Waals surface area contributed by atoms with Crippen molar-refractivity contribution < 1.29 is 4.74 Å². The van der Waals surface area contributed by atoms with Crippen molar-refractivity contribution in [3.63, 3.8) is 0 Å². The summed E-state index contributed by atoms with van der Waals surface area (Å²) in [7, 11) is 1.95. The van der Waals surface area contributed by atoms with Crippen molar-refractivity contribution in [2.75, 3.05) is 18.5 Å². The molecule has 0 atom stereocenters. The topological polar surface area (TPSA) is 71.2 Å². The van der Waals surface area contributed by atoms with E-state index in [1.54, 1.807) is 28.8 Å². The lowest BCUT2D eigenvalue weighted by Gasteiger charge is -2.28. The number of benzene rings is 1. The molecule has 112 valence electrons. The van der Waals surface area contributed by atoms with E-state index in [4.69, 9.17) is 10.00 Å². The smallest absolute Gasteiger partial charge is 0.352 e. The normalized spacial score (nSPS) is 13.4. The third-order valence-corrected chi connectivity index (χ3v) is 3.68. The molecular weight excluding hydrogens is 280 g/mol. The summed E-state index contributed by atoms with van der Waals surface area (Å²) in [6, 6.07) is 11.1. The SMILES string of the molecule is CN1CCCn2c1cc(OCc1cccc(C#N)c1)nc2=O.